The number of aromatic nitrogens is 2. The molecule has 1 aromatic heterocycles. The predicted octanol–water partition coefficient (Wildman–Crippen LogP) is 2.85. The summed E-state index contributed by atoms with van der Waals surface area (Å²) < 4.78 is 4.33. The summed E-state index contributed by atoms with van der Waals surface area (Å²) >= 11 is 3.03. The Morgan fingerprint density at radius 3 is 2.65 bits per heavy atom. The van der Waals surface area contributed by atoms with Crippen molar-refractivity contribution in [2.45, 2.75) is 12.2 Å². The molecule has 2 amide bonds. The smallest absolute Gasteiger partial charge is 0.323 e. The summed E-state index contributed by atoms with van der Waals surface area (Å²) in [4.78, 5) is 25.6. The number of amides is 2. The van der Waals surface area contributed by atoms with Crippen molar-refractivity contribution in [1.29, 1.82) is 0 Å². The molecule has 1 fully saturated rings. The van der Waals surface area contributed by atoms with E-state index in [2.05, 4.69) is 31.5 Å². The minimum Gasteiger partial charge on any atom is -0.348 e. The number of nitrogens with zero attached hydrogens (tertiary/aromatic N) is 5. The lowest BCUT2D eigenvalue weighted by Crippen LogP contribution is -2.51. The first-order valence-electron chi connectivity index (χ1n) is 8.60. The van der Waals surface area contributed by atoms with Gasteiger partial charge in [0.15, 0.2) is 11.0 Å². The molecular weight excluding hydrogens is 368 g/mol. The van der Waals surface area contributed by atoms with Gasteiger partial charge in [0.1, 0.15) is 0 Å². The summed E-state index contributed by atoms with van der Waals surface area (Å²) in [7, 11) is 0. The van der Waals surface area contributed by atoms with Crippen LogP contribution in [0.4, 0.5) is 9.93 Å². The molecule has 2 aliphatic heterocycles. The van der Waals surface area contributed by atoms with Crippen LogP contribution in [0.3, 0.4) is 0 Å². The molecule has 2 aromatic rings. The minimum atomic E-state index is -0.116. The van der Waals surface area contributed by atoms with Crippen LogP contribution in [0.15, 0.2) is 35.3 Å². The maximum absolute atomic E-state index is 12.5. The van der Waals surface area contributed by atoms with E-state index >= 15 is 0 Å². The summed E-state index contributed by atoms with van der Waals surface area (Å²) in [5.41, 5.74) is 0.946. The lowest BCUT2D eigenvalue weighted by molar-refractivity contribution is 0.182. The summed E-state index contributed by atoms with van der Waals surface area (Å²) in [6.45, 7) is 6.08. The van der Waals surface area contributed by atoms with E-state index in [0.717, 1.165) is 30.4 Å². The van der Waals surface area contributed by atoms with Crippen LogP contribution in [0.5, 0.6) is 0 Å². The van der Waals surface area contributed by atoms with Crippen LogP contribution in [-0.2, 0) is 0 Å². The van der Waals surface area contributed by atoms with E-state index in [1.54, 1.807) is 0 Å². The third-order valence-corrected chi connectivity index (χ3v) is 6.08. The van der Waals surface area contributed by atoms with E-state index in [9.17, 15) is 4.79 Å². The number of anilines is 1. The van der Waals surface area contributed by atoms with Crippen molar-refractivity contribution in [1.82, 2.24) is 19.2 Å². The Morgan fingerprint density at radius 2 is 1.96 bits per heavy atom. The fraction of sp³-hybridized carbons (Fsp3) is 0.412. The Morgan fingerprint density at radius 1 is 1.19 bits per heavy atom. The molecule has 3 heterocycles. The average molecular weight is 389 g/mol. The van der Waals surface area contributed by atoms with Crippen molar-refractivity contribution < 1.29 is 4.79 Å². The van der Waals surface area contributed by atoms with Crippen molar-refractivity contribution in [2.75, 3.05) is 38.0 Å². The third kappa shape index (κ3) is 3.83. The molecule has 1 N–H and O–H groups in total. The van der Waals surface area contributed by atoms with Crippen LogP contribution in [0.25, 0.3) is 11.4 Å². The summed E-state index contributed by atoms with van der Waals surface area (Å²) in [5.74, 6) is 0.640. The van der Waals surface area contributed by atoms with Crippen molar-refractivity contribution in [2.24, 2.45) is 4.99 Å². The SMILES string of the molecule is C[C@H]1CN=C(N2CCN(C(=O)Nc3nc(-c4ccccc4)ns3)CC2)S1. The zero-order chi connectivity index (χ0) is 17.9. The Kier molecular flexibility index (Phi) is 5.07. The van der Waals surface area contributed by atoms with E-state index in [1.165, 1.54) is 11.5 Å². The number of carbonyl (C=O) groups is 1. The zero-order valence-corrected chi connectivity index (χ0v) is 16.1. The zero-order valence-electron chi connectivity index (χ0n) is 14.5. The van der Waals surface area contributed by atoms with Crippen LogP contribution >= 0.6 is 23.3 Å². The van der Waals surface area contributed by atoms with Crippen molar-refractivity contribution in [3.05, 3.63) is 30.3 Å². The van der Waals surface area contributed by atoms with Crippen LogP contribution in [0.1, 0.15) is 6.92 Å². The molecule has 0 unspecified atom stereocenters. The van der Waals surface area contributed by atoms with Gasteiger partial charge < -0.3 is 9.80 Å². The first-order valence-corrected chi connectivity index (χ1v) is 10.3. The maximum Gasteiger partial charge on any atom is 0.323 e. The van der Waals surface area contributed by atoms with Gasteiger partial charge in [-0.15, -0.1) is 0 Å². The van der Waals surface area contributed by atoms with E-state index in [0.29, 0.717) is 29.3 Å². The number of aliphatic imine (C=N–C) groups is 1. The normalized spacial score (nSPS) is 20.2. The van der Waals surface area contributed by atoms with E-state index in [4.69, 9.17) is 0 Å². The first-order chi connectivity index (χ1) is 12.7. The number of rotatable bonds is 2. The molecule has 0 spiro atoms. The predicted molar refractivity (Wildman–Crippen MR) is 107 cm³/mol. The third-order valence-electron chi connectivity index (χ3n) is 4.30. The topological polar surface area (TPSA) is 73.7 Å². The highest BCUT2D eigenvalue weighted by Crippen LogP contribution is 2.24. The average Bonchev–Trinajstić information content (AvgIpc) is 3.32. The molecule has 1 atom stereocenters. The van der Waals surface area contributed by atoms with Gasteiger partial charge in [-0.1, -0.05) is 49.0 Å². The molecule has 2 aliphatic rings. The summed E-state index contributed by atoms with van der Waals surface area (Å²) in [6, 6.07) is 9.64. The fourth-order valence-corrected chi connectivity index (χ4v) is 4.45. The van der Waals surface area contributed by atoms with Crippen LogP contribution in [0.2, 0.25) is 0 Å². The quantitative estimate of drug-likeness (QED) is 0.856. The standard InChI is InChI=1S/C17H20N6OS2/c1-12-11-18-17(25-12)23-9-7-22(8-10-23)16(24)20-15-19-14(21-26-15)13-5-3-2-4-6-13/h2-6,12H,7-11H2,1H3,(H,19,20,21,24)/t12-/m0/s1. The largest absolute Gasteiger partial charge is 0.348 e. The summed E-state index contributed by atoms with van der Waals surface area (Å²) in [6.07, 6.45) is 0. The number of urea groups is 1. The van der Waals surface area contributed by atoms with Crippen LogP contribution in [-0.4, -0.2) is 68.3 Å². The Balaban J connectivity index is 1.31. The molecule has 136 valence electrons. The monoisotopic (exact) mass is 388 g/mol. The molecule has 0 bridgehead atoms. The highest BCUT2D eigenvalue weighted by Gasteiger charge is 2.27. The van der Waals surface area contributed by atoms with Gasteiger partial charge in [0.05, 0.1) is 6.54 Å². The molecule has 7 nitrogen and oxygen atoms in total. The van der Waals surface area contributed by atoms with Crippen LogP contribution in [0, 0.1) is 0 Å². The number of nitrogens with one attached hydrogen (secondary N) is 1. The highest BCUT2D eigenvalue weighted by atomic mass is 32.2. The van der Waals surface area contributed by atoms with Gasteiger partial charge in [-0.25, -0.2) is 4.79 Å². The van der Waals surface area contributed by atoms with Gasteiger partial charge >= 0.3 is 6.03 Å². The van der Waals surface area contributed by atoms with Crippen LogP contribution < -0.4 is 5.32 Å². The molecule has 4 rings (SSSR count). The molecule has 26 heavy (non-hydrogen) atoms. The number of carbonyl (C=O) groups excluding carboxylic acids is 1. The van der Waals surface area contributed by atoms with E-state index in [1.807, 2.05) is 47.0 Å². The van der Waals surface area contributed by atoms with Crippen molar-refractivity contribution in [3.63, 3.8) is 0 Å². The van der Waals surface area contributed by atoms with E-state index < -0.39 is 0 Å². The number of amidine groups is 1. The first kappa shape index (κ1) is 17.3. The molecule has 9 heteroatoms. The minimum absolute atomic E-state index is 0.116. The second-order valence-corrected chi connectivity index (χ2v) is 8.40. The second kappa shape index (κ2) is 7.63. The van der Waals surface area contributed by atoms with Gasteiger partial charge in [0.2, 0.25) is 5.13 Å². The molecule has 0 radical (unpaired) electrons. The van der Waals surface area contributed by atoms with Gasteiger partial charge in [-0.2, -0.15) is 9.36 Å². The molecule has 1 aromatic carbocycles. The number of thioether (sulfide) groups is 1. The number of piperazine rings is 1. The lowest BCUT2D eigenvalue weighted by Gasteiger charge is -2.35. The summed E-state index contributed by atoms with van der Waals surface area (Å²) in [5, 5.41) is 5.08. The number of benzene rings is 1. The van der Waals surface area contributed by atoms with Gasteiger partial charge in [0, 0.05) is 48.5 Å². The lowest BCUT2D eigenvalue weighted by atomic mass is 10.2. The molecular formula is C17H20N6OS2. The maximum atomic E-state index is 12.5. The Hall–Kier alpha value is -2.13. The van der Waals surface area contributed by atoms with Gasteiger partial charge in [0.25, 0.3) is 0 Å². The molecule has 0 saturated carbocycles. The van der Waals surface area contributed by atoms with E-state index in [-0.39, 0.29) is 6.03 Å². The highest BCUT2D eigenvalue weighted by molar-refractivity contribution is 8.14. The number of hydrogen-bond acceptors (Lipinski definition) is 7. The second-order valence-electron chi connectivity index (χ2n) is 6.25. The van der Waals surface area contributed by atoms with Gasteiger partial charge in [-0.05, 0) is 0 Å². The Labute approximate surface area is 160 Å². The van der Waals surface area contributed by atoms with Gasteiger partial charge in [-0.3, -0.25) is 10.3 Å². The molecule has 1 saturated heterocycles. The van der Waals surface area contributed by atoms with Crippen molar-refractivity contribution >= 4 is 39.6 Å². The van der Waals surface area contributed by atoms with Crippen molar-refractivity contribution in [3.8, 4) is 11.4 Å². The Bertz CT molecular complexity index is 801. The molecule has 0 aliphatic carbocycles. The fourth-order valence-electron chi connectivity index (χ4n) is 2.89. The number of hydrogen-bond donors (Lipinski definition) is 1.